The first-order valence-electron chi connectivity index (χ1n) is 8.02. The van der Waals surface area contributed by atoms with Gasteiger partial charge in [0.25, 0.3) is 0 Å². The number of hydrogen-bond donors (Lipinski definition) is 1. The molecule has 0 aliphatic rings. The number of aromatic nitrogens is 1. The number of benzene rings is 2. The van der Waals surface area contributed by atoms with Crippen LogP contribution in [0.2, 0.25) is 0 Å². The van der Waals surface area contributed by atoms with E-state index in [1.165, 1.54) is 27.7 Å². The molecule has 0 radical (unpaired) electrons. The van der Waals surface area contributed by atoms with Crippen molar-refractivity contribution in [2.24, 2.45) is 12.8 Å². The van der Waals surface area contributed by atoms with E-state index in [1.54, 1.807) is 7.11 Å². The molecule has 1 aromatic heterocycles. The van der Waals surface area contributed by atoms with Crippen molar-refractivity contribution in [2.75, 3.05) is 13.7 Å². The third-order valence-electron chi connectivity index (χ3n) is 4.83. The average Bonchev–Trinajstić information content (AvgIpc) is 2.84. The summed E-state index contributed by atoms with van der Waals surface area (Å²) in [7, 11) is 3.83. The number of aryl methyl sites for hydroxylation is 1. The van der Waals surface area contributed by atoms with Gasteiger partial charge in [-0.1, -0.05) is 30.3 Å². The van der Waals surface area contributed by atoms with Crippen molar-refractivity contribution < 1.29 is 4.74 Å². The van der Waals surface area contributed by atoms with Crippen molar-refractivity contribution in [3.63, 3.8) is 0 Å². The average molecular weight is 308 g/mol. The summed E-state index contributed by atoms with van der Waals surface area (Å²) in [4.78, 5) is 0. The third kappa shape index (κ3) is 2.84. The quantitative estimate of drug-likeness (QED) is 0.779. The van der Waals surface area contributed by atoms with Crippen molar-refractivity contribution in [2.45, 2.75) is 19.3 Å². The topological polar surface area (TPSA) is 40.2 Å². The van der Waals surface area contributed by atoms with Crippen LogP contribution in [0.15, 0.2) is 48.5 Å². The second kappa shape index (κ2) is 6.47. The molecule has 0 fully saturated rings. The molecule has 0 spiro atoms. The van der Waals surface area contributed by atoms with E-state index in [0.717, 1.165) is 12.2 Å². The van der Waals surface area contributed by atoms with Gasteiger partial charge in [-0.25, -0.2) is 0 Å². The van der Waals surface area contributed by atoms with Gasteiger partial charge in [0.1, 0.15) is 5.75 Å². The van der Waals surface area contributed by atoms with Gasteiger partial charge in [-0.15, -0.1) is 0 Å². The molecule has 0 saturated carbocycles. The molecule has 1 unspecified atom stereocenters. The van der Waals surface area contributed by atoms with Gasteiger partial charge in [-0.3, -0.25) is 0 Å². The molecule has 0 amide bonds. The standard InChI is InChI=1S/C20H24N2O/c1-14-19(18-9-4-5-10-20(18)22(14)2)12-16(13-21)15-7-6-8-17(11-15)23-3/h4-11,16H,12-13,21H2,1-3H3. The summed E-state index contributed by atoms with van der Waals surface area (Å²) < 4.78 is 7.62. The third-order valence-corrected chi connectivity index (χ3v) is 4.83. The van der Waals surface area contributed by atoms with Crippen LogP contribution in [0.5, 0.6) is 5.75 Å². The van der Waals surface area contributed by atoms with Crippen LogP contribution in [-0.2, 0) is 13.5 Å². The summed E-state index contributed by atoms with van der Waals surface area (Å²) in [6.45, 7) is 2.81. The molecule has 0 aliphatic carbocycles. The lowest BCUT2D eigenvalue weighted by molar-refractivity contribution is 0.413. The summed E-state index contributed by atoms with van der Waals surface area (Å²) in [5.41, 5.74) is 11.3. The highest BCUT2D eigenvalue weighted by molar-refractivity contribution is 5.85. The van der Waals surface area contributed by atoms with Crippen LogP contribution in [-0.4, -0.2) is 18.2 Å². The summed E-state index contributed by atoms with van der Waals surface area (Å²) in [6.07, 6.45) is 0.941. The van der Waals surface area contributed by atoms with E-state index >= 15 is 0 Å². The number of hydrogen-bond acceptors (Lipinski definition) is 2. The van der Waals surface area contributed by atoms with Gasteiger partial charge in [-0.05, 0) is 49.2 Å². The molecule has 2 N–H and O–H groups in total. The van der Waals surface area contributed by atoms with Crippen LogP contribution in [0.4, 0.5) is 0 Å². The van der Waals surface area contributed by atoms with Gasteiger partial charge in [0.15, 0.2) is 0 Å². The minimum Gasteiger partial charge on any atom is -0.497 e. The van der Waals surface area contributed by atoms with Crippen LogP contribution in [0, 0.1) is 6.92 Å². The molecule has 1 atom stereocenters. The van der Waals surface area contributed by atoms with Gasteiger partial charge in [0, 0.05) is 29.6 Å². The van der Waals surface area contributed by atoms with Gasteiger partial charge in [0.2, 0.25) is 0 Å². The maximum Gasteiger partial charge on any atom is 0.119 e. The molecular formula is C20H24N2O. The molecule has 0 aliphatic heterocycles. The van der Waals surface area contributed by atoms with Gasteiger partial charge in [-0.2, -0.15) is 0 Å². The lowest BCUT2D eigenvalue weighted by atomic mass is 9.90. The molecule has 3 heteroatoms. The second-order valence-electron chi connectivity index (χ2n) is 6.05. The molecule has 0 bridgehead atoms. The lowest BCUT2D eigenvalue weighted by Crippen LogP contribution is -2.15. The van der Waals surface area contributed by atoms with Crippen molar-refractivity contribution in [1.29, 1.82) is 0 Å². The Labute approximate surface area is 137 Å². The number of fused-ring (bicyclic) bond motifs is 1. The molecule has 23 heavy (non-hydrogen) atoms. The highest BCUT2D eigenvalue weighted by atomic mass is 16.5. The predicted octanol–water partition coefficient (Wildman–Crippen LogP) is 3.78. The Morgan fingerprint density at radius 2 is 1.91 bits per heavy atom. The maximum atomic E-state index is 6.10. The minimum atomic E-state index is 0.287. The molecule has 1 heterocycles. The predicted molar refractivity (Wildman–Crippen MR) is 96.1 cm³/mol. The van der Waals surface area contributed by atoms with Crippen molar-refractivity contribution in [1.82, 2.24) is 4.57 Å². The lowest BCUT2D eigenvalue weighted by Gasteiger charge is -2.16. The smallest absolute Gasteiger partial charge is 0.119 e. The summed E-state index contributed by atoms with van der Waals surface area (Å²) >= 11 is 0. The summed E-state index contributed by atoms with van der Waals surface area (Å²) in [6, 6.07) is 16.8. The Morgan fingerprint density at radius 3 is 2.65 bits per heavy atom. The molecule has 2 aromatic carbocycles. The minimum absolute atomic E-state index is 0.287. The van der Waals surface area contributed by atoms with E-state index in [4.69, 9.17) is 10.5 Å². The largest absolute Gasteiger partial charge is 0.497 e. The van der Waals surface area contributed by atoms with Gasteiger partial charge < -0.3 is 15.0 Å². The zero-order valence-electron chi connectivity index (χ0n) is 14.0. The van der Waals surface area contributed by atoms with Crippen LogP contribution >= 0.6 is 0 Å². The van der Waals surface area contributed by atoms with E-state index in [1.807, 2.05) is 12.1 Å². The summed E-state index contributed by atoms with van der Waals surface area (Å²) in [5.74, 6) is 1.17. The Kier molecular flexibility index (Phi) is 4.39. The fraction of sp³-hybridized carbons (Fsp3) is 0.300. The Morgan fingerprint density at radius 1 is 1.13 bits per heavy atom. The molecule has 3 rings (SSSR count). The van der Waals surface area contributed by atoms with E-state index in [2.05, 4.69) is 54.9 Å². The molecule has 3 aromatic rings. The zero-order chi connectivity index (χ0) is 16.4. The van der Waals surface area contributed by atoms with Crippen molar-refractivity contribution in [3.8, 4) is 5.75 Å². The van der Waals surface area contributed by atoms with Crippen LogP contribution in [0.3, 0.4) is 0 Å². The number of nitrogens with zero attached hydrogens (tertiary/aromatic N) is 1. The number of methoxy groups -OCH3 is 1. The monoisotopic (exact) mass is 308 g/mol. The number of rotatable bonds is 5. The van der Waals surface area contributed by atoms with Crippen molar-refractivity contribution in [3.05, 3.63) is 65.4 Å². The molecular weight excluding hydrogens is 284 g/mol. The molecule has 3 nitrogen and oxygen atoms in total. The summed E-state index contributed by atoms with van der Waals surface area (Å²) in [5, 5.41) is 1.33. The van der Waals surface area contributed by atoms with E-state index in [0.29, 0.717) is 6.54 Å². The van der Waals surface area contributed by atoms with Crippen LogP contribution < -0.4 is 10.5 Å². The Balaban J connectivity index is 2.01. The highest BCUT2D eigenvalue weighted by Gasteiger charge is 2.17. The first-order chi connectivity index (χ1) is 11.2. The van der Waals surface area contributed by atoms with Crippen LogP contribution in [0.25, 0.3) is 10.9 Å². The SMILES string of the molecule is COc1cccc(C(CN)Cc2c(C)n(C)c3ccccc23)c1. The van der Waals surface area contributed by atoms with E-state index in [-0.39, 0.29) is 5.92 Å². The highest BCUT2D eigenvalue weighted by Crippen LogP contribution is 2.30. The molecule has 120 valence electrons. The fourth-order valence-corrected chi connectivity index (χ4v) is 3.34. The van der Waals surface area contributed by atoms with Crippen LogP contribution in [0.1, 0.15) is 22.7 Å². The fourth-order valence-electron chi connectivity index (χ4n) is 3.34. The number of nitrogens with two attached hydrogens (primary N) is 1. The van der Waals surface area contributed by atoms with Crippen molar-refractivity contribution >= 4 is 10.9 Å². The van der Waals surface area contributed by atoms with E-state index < -0.39 is 0 Å². The normalized spacial score (nSPS) is 12.5. The first-order valence-corrected chi connectivity index (χ1v) is 8.02. The Bertz CT molecular complexity index is 820. The number of ether oxygens (including phenoxy) is 1. The number of para-hydroxylation sites is 1. The van der Waals surface area contributed by atoms with Gasteiger partial charge >= 0.3 is 0 Å². The second-order valence-corrected chi connectivity index (χ2v) is 6.05. The Hall–Kier alpha value is -2.26. The molecule has 0 saturated heterocycles. The van der Waals surface area contributed by atoms with Gasteiger partial charge in [0.05, 0.1) is 7.11 Å². The van der Waals surface area contributed by atoms with E-state index in [9.17, 15) is 0 Å². The maximum absolute atomic E-state index is 6.10. The zero-order valence-corrected chi connectivity index (χ0v) is 14.0. The first kappa shape index (κ1) is 15.6.